The Hall–Kier alpha value is -1.71. The van der Waals surface area contributed by atoms with Crippen LogP contribution >= 0.6 is 0 Å². The second-order valence-electron chi connectivity index (χ2n) is 4.72. The third-order valence-corrected chi connectivity index (χ3v) is 2.82. The lowest BCUT2D eigenvalue weighted by Gasteiger charge is -2.13. The molecule has 0 bridgehead atoms. The highest BCUT2D eigenvalue weighted by Crippen LogP contribution is 2.27. The molecule has 1 N–H and O–H groups in total. The van der Waals surface area contributed by atoms with E-state index in [4.69, 9.17) is 5.11 Å². The van der Waals surface area contributed by atoms with Crippen LogP contribution in [0.2, 0.25) is 0 Å². The van der Waals surface area contributed by atoms with Crippen molar-refractivity contribution in [2.75, 3.05) is 0 Å². The van der Waals surface area contributed by atoms with Gasteiger partial charge in [0.2, 0.25) is 0 Å². The summed E-state index contributed by atoms with van der Waals surface area (Å²) in [5, 5.41) is 8.56. The third kappa shape index (κ3) is 4.81. The van der Waals surface area contributed by atoms with Gasteiger partial charge in [0.15, 0.2) is 0 Å². The Morgan fingerprint density at radius 1 is 1.37 bits per heavy atom. The molecule has 1 rings (SSSR count). The van der Waals surface area contributed by atoms with Crippen molar-refractivity contribution in [3.63, 3.8) is 0 Å². The molecule has 0 saturated heterocycles. The van der Waals surface area contributed by atoms with Crippen LogP contribution in [0.15, 0.2) is 24.3 Å². The number of hydrogen-bond acceptors (Lipinski definition) is 1. The van der Waals surface area contributed by atoms with Gasteiger partial charge in [-0.25, -0.2) is 8.78 Å². The Morgan fingerprint density at radius 3 is 2.63 bits per heavy atom. The van der Waals surface area contributed by atoms with Crippen molar-refractivity contribution in [3.8, 4) is 0 Å². The smallest absolute Gasteiger partial charge is 0.303 e. The number of carboxylic acid groups (broad SMARTS) is 1. The number of halogens is 2. The maximum absolute atomic E-state index is 13.7. The number of allylic oxidation sites excluding steroid dienone is 2. The zero-order valence-corrected chi connectivity index (χ0v) is 11.1. The fraction of sp³-hybridized carbons (Fsp3) is 0.400. The molecule has 0 unspecified atom stereocenters. The van der Waals surface area contributed by atoms with E-state index < -0.39 is 17.6 Å². The standard InChI is InChI=1S/C15H18F2O2/c1-10(2)12(5-3-4-6-15(18)19)13-9-11(16)7-8-14(13)17/h5,7-10H,3-4,6H2,1-2H3,(H,18,19)/b12-5+. The highest BCUT2D eigenvalue weighted by molar-refractivity contribution is 5.68. The van der Waals surface area contributed by atoms with Crippen molar-refractivity contribution in [1.82, 2.24) is 0 Å². The molecule has 0 aliphatic rings. The minimum Gasteiger partial charge on any atom is -0.481 e. The normalized spacial score (nSPS) is 11.9. The molecule has 0 amide bonds. The summed E-state index contributed by atoms with van der Waals surface area (Å²) in [6, 6.07) is 3.37. The van der Waals surface area contributed by atoms with Gasteiger partial charge < -0.3 is 5.11 Å². The molecule has 0 heterocycles. The van der Waals surface area contributed by atoms with Gasteiger partial charge in [-0.2, -0.15) is 0 Å². The molecule has 1 aromatic carbocycles. The predicted octanol–water partition coefficient (Wildman–Crippen LogP) is 4.26. The first-order valence-corrected chi connectivity index (χ1v) is 6.29. The van der Waals surface area contributed by atoms with Crippen molar-refractivity contribution >= 4 is 11.5 Å². The van der Waals surface area contributed by atoms with Crippen molar-refractivity contribution in [1.29, 1.82) is 0 Å². The summed E-state index contributed by atoms with van der Waals surface area (Å²) in [5.41, 5.74) is 0.965. The van der Waals surface area contributed by atoms with E-state index in [1.807, 2.05) is 13.8 Å². The van der Waals surface area contributed by atoms with Crippen LogP contribution in [-0.2, 0) is 4.79 Å². The van der Waals surface area contributed by atoms with Gasteiger partial charge in [0.1, 0.15) is 11.6 Å². The lowest BCUT2D eigenvalue weighted by atomic mass is 9.93. The molecule has 0 aliphatic carbocycles. The summed E-state index contributed by atoms with van der Waals surface area (Å²) in [6.07, 6.45) is 2.90. The minimum absolute atomic E-state index is 0.0427. The van der Waals surface area contributed by atoms with Crippen LogP contribution in [0.3, 0.4) is 0 Å². The van der Waals surface area contributed by atoms with E-state index in [9.17, 15) is 13.6 Å². The molecular weight excluding hydrogens is 250 g/mol. The number of hydrogen-bond donors (Lipinski definition) is 1. The molecule has 0 saturated carbocycles. The molecular formula is C15H18F2O2. The van der Waals surface area contributed by atoms with Gasteiger partial charge in [0.05, 0.1) is 0 Å². The van der Waals surface area contributed by atoms with E-state index in [2.05, 4.69) is 0 Å². The van der Waals surface area contributed by atoms with E-state index in [0.29, 0.717) is 18.4 Å². The minimum atomic E-state index is -0.851. The SMILES string of the molecule is CC(C)/C(=C\CCCC(=O)O)c1cc(F)ccc1F. The van der Waals surface area contributed by atoms with E-state index in [1.54, 1.807) is 6.08 Å². The topological polar surface area (TPSA) is 37.3 Å². The molecule has 1 aromatic rings. The first kappa shape index (κ1) is 15.3. The summed E-state index contributed by atoms with van der Waals surface area (Å²) < 4.78 is 26.9. The van der Waals surface area contributed by atoms with Crippen LogP contribution in [0.4, 0.5) is 8.78 Å². The second-order valence-corrected chi connectivity index (χ2v) is 4.72. The summed E-state index contributed by atoms with van der Waals surface area (Å²) in [7, 11) is 0. The number of unbranched alkanes of at least 4 members (excludes halogenated alkanes) is 1. The molecule has 0 atom stereocenters. The largest absolute Gasteiger partial charge is 0.481 e. The third-order valence-electron chi connectivity index (χ3n) is 2.82. The fourth-order valence-corrected chi connectivity index (χ4v) is 1.89. The van der Waals surface area contributed by atoms with Crippen LogP contribution in [0.5, 0.6) is 0 Å². The predicted molar refractivity (Wildman–Crippen MR) is 70.7 cm³/mol. The number of rotatable bonds is 6. The van der Waals surface area contributed by atoms with Crippen LogP contribution in [0, 0.1) is 17.6 Å². The molecule has 0 aromatic heterocycles. The molecule has 19 heavy (non-hydrogen) atoms. The zero-order chi connectivity index (χ0) is 14.4. The van der Waals surface area contributed by atoms with Crippen LogP contribution in [-0.4, -0.2) is 11.1 Å². The van der Waals surface area contributed by atoms with E-state index in [0.717, 1.165) is 12.1 Å². The van der Waals surface area contributed by atoms with Crippen LogP contribution in [0.25, 0.3) is 5.57 Å². The van der Waals surface area contributed by atoms with E-state index in [1.165, 1.54) is 6.07 Å². The Bertz CT molecular complexity index is 479. The molecule has 0 fully saturated rings. The lowest BCUT2D eigenvalue weighted by molar-refractivity contribution is -0.137. The maximum atomic E-state index is 13.7. The van der Waals surface area contributed by atoms with E-state index in [-0.39, 0.29) is 17.9 Å². The van der Waals surface area contributed by atoms with Crippen LogP contribution in [0.1, 0.15) is 38.7 Å². The monoisotopic (exact) mass is 268 g/mol. The number of carboxylic acids is 1. The molecule has 0 spiro atoms. The number of benzene rings is 1. The number of carbonyl (C=O) groups is 1. The first-order chi connectivity index (χ1) is 8.91. The average molecular weight is 268 g/mol. The fourth-order valence-electron chi connectivity index (χ4n) is 1.89. The molecule has 4 heteroatoms. The Balaban J connectivity index is 2.90. The second kappa shape index (κ2) is 7.02. The van der Waals surface area contributed by atoms with Crippen molar-refractivity contribution in [2.24, 2.45) is 5.92 Å². The summed E-state index contributed by atoms with van der Waals surface area (Å²) in [6.45, 7) is 3.79. The van der Waals surface area contributed by atoms with Gasteiger partial charge in [-0.3, -0.25) is 4.79 Å². The first-order valence-electron chi connectivity index (χ1n) is 6.29. The summed E-state index contributed by atoms with van der Waals surface area (Å²) >= 11 is 0. The zero-order valence-electron chi connectivity index (χ0n) is 11.1. The summed E-state index contributed by atoms with van der Waals surface area (Å²) in [4.78, 5) is 10.4. The molecule has 2 nitrogen and oxygen atoms in total. The highest BCUT2D eigenvalue weighted by atomic mass is 19.1. The van der Waals surface area contributed by atoms with Crippen molar-refractivity contribution in [2.45, 2.75) is 33.1 Å². The Kier molecular flexibility index (Phi) is 5.67. The van der Waals surface area contributed by atoms with Gasteiger partial charge >= 0.3 is 5.97 Å². The van der Waals surface area contributed by atoms with Gasteiger partial charge in [-0.1, -0.05) is 19.9 Å². The quantitative estimate of drug-likeness (QED) is 0.783. The molecule has 0 radical (unpaired) electrons. The van der Waals surface area contributed by atoms with Gasteiger partial charge in [0.25, 0.3) is 0 Å². The van der Waals surface area contributed by atoms with Gasteiger partial charge in [0, 0.05) is 12.0 Å². The Morgan fingerprint density at radius 2 is 2.05 bits per heavy atom. The number of aliphatic carboxylic acids is 1. The summed E-state index contributed by atoms with van der Waals surface area (Å²) in [5.74, 6) is -1.74. The van der Waals surface area contributed by atoms with Crippen molar-refractivity contribution in [3.05, 3.63) is 41.5 Å². The molecule has 104 valence electrons. The molecule has 0 aliphatic heterocycles. The van der Waals surface area contributed by atoms with Gasteiger partial charge in [-0.05, 0) is 42.5 Å². The highest BCUT2D eigenvalue weighted by Gasteiger charge is 2.12. The van der Waals surface area contributed by atoms with Crippen molar-refractivity contribution < 1.29 is 18.7 Å². The lowest BCUT2D eigenvalue weighted by Crippen LogP contribution is -1.99. The van der Waals surface area contributed by atoms with Crippen LogP contribution < -0.4 is 0 Å². The average Bonchev–Trinajstić information content (AvgIpc) is 2.32. The Labute approximate surface area is 111 Å². The van der Waals surface area contributed by atoms with E-state index >= 15 is 0 Å². The maximum Gasteiger partial charge on any atom is 0.303 e. The van der Waals surface area contributed by atoms with Gasteiger partial charge in [-0.15, -0.1) is 0 Å².